The van der Waals surface area contributed by atoms with Gasteiger partial charge in [0.05, 0.1) is 5.92 Å². The first-order chi connectivity index (χ1) is 8.77. The first-order valence-electron chi connectivity index (χ1n) is 6.48. The van der Waals surface area contributed by atoms with Crippen LogP contribution in [0.4, 0.5) is 4.79 Å². The first kappa shape index (κ1) is 14.4. The zero-order valence-corrected chi connectivity index (χ0v) is 12.3. The number of hydrogen-bond acceptors (Lipinski definition) is 4. The van der Waals surface area contributed by atoms with E-state index in [1.165, 1.54) is 0 Å². The van der Waals surface area contributed by atoms with Crippen LogP contribution in [0.5, 0.6) is 0 Å². The summed E-state index contributed by atoms with van der Waals surface area (Å²) in [5, 5.41) is 0. The quantitative estimate of drug-likeness (QED) is 0.578. The number of halogens is 1. The van der Waals surface area contributed by atoms with E-state index in [0.717, 1.165) is 12.8 Å². The highest BCUT2D eigenvalue weighted by atomic mass is 35.5. The molecule has 6 heteroatoms. The van der Waals surface area contributed by atoms with Crippen molar-refractivity contribution in [1.29, 1.82) is 0 Å². The van der Waals surface area contributed by atoms with Gasteiger partial charge in [0.2, 0.25) is 0 Å². The summed E-state index contributed by atoms with van der Waals surface area (Å²) in [5.74, 6) is -0.361. The Kier molecular flexibility index (Phi) is 3.69. The Labute approximate surface area is 118 Å². The molecular weight excluding hydrogens is 270 g/mol. The van der Waals surface area contributed by atoms with E-state index >= 15 is 0 Å². The van der Waals surface area contributed by atoms with Gasteiger partial charge in [-0.25, -0.2) is 4.79 Å². The Morgan fingerprint density at radius 1 is 1.42 bits per heavy atom. The summed E-state index contributed by atoms with van der Waals surface area (Å²) in [6.07, 6.45) is 1.30. The number of nitrogens with zero attached hydrogens (tertiary/aromatic N) is 1. The Bertz CT molecular complexity index is 393. The molecule has 1 spiro atoms. The average Bonchev–Trinajstić information content (AvgIpc) is 2.77. The van der Waals surface area contributed by atoms with Crippen LogP contribution < -0.4 is 0 Å². The number of amides is 1. The number of rotatable bonds is 2. The van der Waals surface area contributed by atoms with Crippen LogP contribution in [-0.2, 0) is 14.3 Å². The van der Waals surface area contributed by atoms with Gasteiger partial charge >= 0.3 is 12.1 Å². The van der Waals surface area contributed by atoms with Crippen molar-refractivity contribution in [2.24, 2.45) is 11.3 Å². The predicted octanol–water partition coefficient (Wildman–Crippen LogP) is 2.37. The van der Waals surface area contributed by atoms with Crippen molar-refractivity contribution >= 4 is 23.7 Å². The summed E-state index contributed by atoms with van der Waals surface area (Å²) in [5.41, 5.74) is -0.590. The van der Waals surface area contributed by atoms with Gasteiger partial charge in [0, 0.05) is 18.5 Å². The summed E-state index contributed by atoms with van der Waals surface area (Å²) in [6, 6.07) is -0.110. The Balaban J connectivity index is 1.88. The molecule has 108 valence electrons. The van der Waals surface area contributed by atoms with Gasteiger partial charge in [-0.05, 0) is 33.6 Å². The predicted molar refractivity (Wildman–Crippen MR) is 69.8 cm³/mol. The maximum absolute atomic E-state index is 11.9. The molecule has 2 fully saturated rings. The van der Waals surface area contributed by atoms with E-state index in [9.17, 15) is 9.59 Å². The first-order valence-corrected chi connectivity index (χ1v) is 7.01. The molecule has 1 aliphatic heterocycles. The van der Waals surface area contributed by atoms with Crippen LogP contribution in [0.3, 0.4) is 0 Å². The van der Waals surface area contributed by atoms with Crippen molar-refractivity contribution in [3.63, 3.8) is 0 Å². The Hall–Kier alpha value is -0.970. The van der Waals surface area contributed by atoms with Crippen LogP contribution in [0, 0.1) is 11.3 Å². The topological polar surface area (TPSA) is 55.8 Å². The lowest BCUT2D eigenvalue weighted by atomic mass is 10.0. The molecule has 1 heterocycles. The molecule has 2 unspecified atom stereocenters. The maximum Gasteiger partial charge on any atom is 0.410 e. The second-order valence-corrected chi connectivity index (χ2v) is 6.56. The van der Waals surface area contributed by atoms with Crippen LogP contribution in [-0.4, -0.2) is 41.7 Å². The minimum Gasteiger partial charge on any atom is -0.449 e. The molecule has 1 amide bonds. The average molecular weight is 290 g/mol. The lowest BCUT2D eigenvalue weighted by Gasteiger charge is -2.24. The third-order valence-corrected chi connectivity index (χ3v) is 3.82. The van der Waals surface area contributed by atoms with Crippen molar-refractivity contribution in [2.45, 2.75) is 39.2 Å². The van der Waals surface area contributed by atoms with Gasteiger partial charge in [0.25, 0.3) is 0 Å². The molecule has 0 N–H and O–H groups in total. The fraction of sp³-hybridized carbons (Fsp3) is 0.846. The van der Waals surface area contributed by atoms with Crippen molar-refractivity contribution in [1.82, 2.24) is 4.90 Å². The highest BCUT2D eigenvalue weighted by Gasteiger charge is 2.62. The molecule has 2 aliphatic rings. The van der Waals surface area contributed by atoms with E-state index in [0.29, 0.717) is 13.1 Å². The standard InChI is InChI=1S/C13H20ClNO4/c1-12(2,3)19-11(17)15-5-4-13(7-15)6-9(13)10(16)18-8-14/h9H,4-8H2,1-3H3. The van der Waals surface area contributed by atoms with Crippen molar-refractivity contribution in [3.05, 3.63) is 0 Å². The number of carbonyl (C=O) groups excluding carboxylic acids is 2. The fourth-order valence-corrected chi connectivity index (χ4v) is 2.77. The van der Waals surface area contributed by atoms with Crippen LogP contribution in [0.1, 0.15) is 33.6 Å². The number of alkyl halides is 1. The van der Waals surface area contributed by atoms with Crippen LogP contribution in [0.25, 0.3) is 0 Å². The molecule has 1 saturated heterocycles. The highest BCUT2D eigenvalue weighted by molar-refractivity contribution is 6.17. The van der Waals surface area contributed by atoms with Gasteiger partial charge < -0.3 is 14.4 Å². The lowest BCUT2D eigenvalue weighted by Crippen LogP contribution is -2.35. The monoisotopic (exact) mass is 289 g/mol. The Morgan fingerprint density at radius 2 is 2.11 bits per heavy atom. The number of esters is 1. The summed E-state index contributed by atoms with van der Waals surface area (Å²) >= 11 is 5.39. The summed E-state index contributed by atoms with van der Waals surface area (Å²) in [6.45, 7) is 6.74. The van der Waals surface area contributed by atoms with E-state index in [2.05, 4.69) is 0 Å². The lowest BCUT2D eigenvalue weighted by molar-refractivity contribution is -0.144. The second-order valence-electron chi connectivity index (χ2n) is 6.34. The highest BCUT2D eigenvalue weighted by Crippen LogP contribution is 2.59. The molecule has 19 heavy (non-hydrogen) atoms. The molecule has 0 aromatic heterocycles. The van der Waals surface area contributed by atoms with Crippen LogP contribution in [0.2, 0.25) is 0 Å². The molecule has 5 nitrogen and oxygen atoms in total. The van der Waals surface area contributed by atoms with Crippen LogP contribution in [0.15, 0.2) is 0 Å². The van der Waals surface area contributed by atoms with Crippen molar-refractivity contribution in [3.8, 4) is 0 Å². The SMILES string of the molecule is CC(C)(C)OC(=O)N1CCC2(CC2C(=O)OCCl)C1. The normalized spacial score (nSPS) is 29.5. The van der Waals surface area contributed by atoms with Gasteiger partial charge in [0.1, 0.15) is 5.60 Å². The van der Waals surface area contributed by atoms with Crippen molar-refractivity contribution < 1.29 is 19.1 Å². The summed E-state index contributed by atoms with van der Waals surface area (Å²) in [4.78, 5) is 25.3. The molecular formula is C13H20ClNO4. The molecule has 0 radical (unpaired) electrons. The van der Waals surface area contributed by atoms with Gasteiger partial charge in [-0.15, -0.1) is 0 Å². The zero-order valence-electron chi connectivity index (χ0n) is 11.6. The van der Waals surface area contributed by atoms with E-state index in [1.54, 1.807) is 4.90 Å². The number of likely N-dealkylation sites (tertiary alicyclic amines) is 1. The fourth-order valence-electron chi connectivity index (χ4n) is 2.66. The summed E-state index contributed by atoms with van der Waals surface area (Å²) < 4.78 is 10.2. The van der Waals surface area contributed by atoms with E-state index < -0.39 is 5.60 Å². The van der Waals surface area contributed by atoms with Crippen molar-refractivity contribution in [2.75, 3.05) is 19.2 Å². The smallest absolute Gasteiger partial charge is 0.410 e. The molecule has 0 aromatic carbocycles. The molecule has 1 aliphatic carbocycles. The minimum atomic E-state index is -0.493. The number of ether oxygens (including phenoxy) is 2. The van der Waals surface area contributed by atoms with Crippen LogP contribution >= 0.6 is 11.6 Å². The third-order valence-electron chi connectivity index (χ3n) is 3.71. The van der Waals surface area contributed by atoms with Gasteiger partial charge in [-0.2, -0.15) is 0 Å². The molecule has 0 aromatic rings. The van der Waals surface area contributed by atoms with Gasteiger partial charge in [-0.1, -0.05) is 11.6 Å². The third kappa shape index (κ3) is 3.14. The molecule has 2 rings (SSSR count). The van der Waals surface area contributed by atoms with Gasteiger partial charge in [0.15, 0.2) is 6.07 Å². The zero-order chi connectivity index (χ0) is 14.3. The Morgan fingerprint density at radius 3 is 2.68 bits per heavy atom. The molecule has 2 atom stereocenters. The van der Waals surface area contributed by atoms with Gasteiger partial charge in [-0.3, -0.25) is 4.79 Å². The largest absolute Gasteiger partial charge is 0.449 e. The molecule has 1 saturated carbocycles. The minimum absolute atomic E-state index is 0.0972. The second kappa shape index (κ2) is 4.85. The van der Waals surface area contributed by atoms with E-state index in [1.807, 2.05) is 20.8 Å². The van der Waals surface area contributed by atoms with E-state index in [4.69, 9.17) is 21.1 Å². The van der Waals surface area contributed by atoms with E-state index in [-0.39, 0.29) is 29.5 Å². The number of hydrogen-bond donors (Lipinski definition) is 0. The number of carbonyl (C=O) groups is 2. The molecule has 0 bridgehead atoms. The maximum atomic E-state index is 11.9. The summed E-state index contributed by atoms with van der Waals surface area (Å²) in [7, 11) is 0.